The summed E-state index contributed by atoms with van der Waals surface area (Å²) in [4.78, 5) is 34.6. The third kappa shape index (κ3) is 5.75. The lowest BCUT2D eigenvalue weighted by atomic mass is 10.1. The molecule has 164 valence electrons. The van der Waals surface area contributed by atoms with Crippen LogP contribution in [0.4, 0.5) is 0 Å². The third-order valence-corrected chi connectivity index (χ3v) is 6.38. The molecule has 2 aromatic carbocycles. The number of hydrogen-bond acceptors (Lipinski definition) is 5. The van der Waals surface area contributed by atoms with E-state index in [1.165, 1.54) is 0 Å². The number of piperazine rings is 1. The number of pyridine rings is 1. The Morgan fingerprint density at radius 3 is 2.25 bits per heavy atom. The number of nitrogens with one attached hydrogen (secondary N) is 1. The van der Waals surface area contributed by atoms with E-state index in [1.54, 1.807) is 18.0 Å². The van der Waals surface area contributed by atoms with Crippen LogP contribution in [0.3, 0.4) is 0 Å². The maximum atomic E-state index is 12.6. The van der Waals surface area contributed by atoms with Gasteiger partial charge in [-0.1, -0.05) is 30.0 Å². The SMILES string of the molecule is CN1CCN(C(=O)c2ccc(CNC(=O)c3ccc(Sc4ccccn4)cc3)cc2)CC1. The van der Waals surface area contributed by atoms with E-state index < -0.39 is 0 Å². The van der Waals surface area contributed by atoms with Crippen LogP contribution in [0.25, 0.3) is 0 Å². The van der Waals surface area contributed by atoms with Crippen molar-refractivity contribution in [1.29, 1.82) is 0 Å². The van der Waals surface area contributed by atoms with E-state index in [1.807, 2.05) is 71.6 Å². The Bertz CT molecular complexity index is 1050. The lowest BCUT2D eigenvalue weighted by molar-refractivity contribution is 0.0664. The molecule has 0 bridgehead atoms. The standard InChI is InChI=1S/C25H26N4O2S/c1-28-14-16-29(17-15-28)25(31)21-7-5-19(6-8-21)18-27-24(30)20-9-11-22(12-10-20)32-23-4-2-3-13-26-23/h2-13H,14-18H2,1H3,(H,27,30). The Morgan fingerprint density at radius 1 is 0.906 bits per heavy atom. The van der Waals surface area contributed by atoms with Crippen LogP contribution in [-0.2, 0) is 6.54 Å². The summed E-state index contributed by atoms with van der Waals surface area (Å²) in [6, 6.07) is 20.7. The molecule has 7 heteroatoms. The number of nitrogens with zero attached hydrogens (tertiary/aromatic N) is 3. The van der Waals surface area contributed by atoms with E-state index in [0.29, 0.717) is 17.7 Å². The number of aromatic nitrogens is 1. The first-order valence-corrected chi connectivity index (χ1v) is 11.4. The molecule has 3 aromatic rings. The van der Waals surface area contributed by atoms with Crippen molar-refractivity contribution >= 4 is 23.6 Å². The summed E-state index contributed by atoms with van der Waals surface area (Å²) in [5, 5.41) is 3.86. The molecular formula is C25H26N4O2S. The van der Waals surface area contributed by atoms with Gasteiger partial charge in [0.15, 0.2) is 0 Å². The number of rotatable bonds is 6. The smallest absolute Gasteiger partial charge is 0.253 e. The molecule has 0 saturated carbocycles. The summed E-state index contributed by atoms with van der Waals surface area (Å²) < 4.78 is 0. The molecule has 4 rings (SSSR count). The minimum Gasteiger partial charge on any atom is -0.348 e. The Kier molecular flexibility index (Phi) is 7.19. The largest absolute Gasteiger partial charge is 0.348 e. The maximum Gasteiger partial charge on any atom is 0.253 e. The molecule has 2 amide bonds. The Morgan fingerprint density at radius 2 is 1.59 bits per heavy atom. The highest BCUT2D eigenvalue weighted by Crippen LogP contribution is 2.25. The molecule has 32 heavy (non-hydrogen) atoms. The molecule has 0 radical (unpaired) electrons. The summed E-state index contributed by atoms with van der Waals surface area (Å²) in [6.07, 6.45) is 1.76. The van der Waals surface area contributed by atoms with Gasteiger partial charge in [0, 0.05) is 54.9 Å². The molecule has 0 unspecified atom stereocenters. The summed E-state index contributed by atoms with van der Waals surface area (Å²) in [5.74, 6) is -0.0608. The van der Waals surface area contributed by atoms with Crippen molar-refractivity contribution < 1.29 is 9.59 Å². The van der Waals surface area contributed by atoms with Gasteiger partial charge >= 0.3 is 0 Å². The molecule has 2 heterocycles. The van der Waals surface area contributed by atoms with Gasteiger partial charge in [0.25, 0.3) is 11.8 Å². The molecule has 1 saturated heterocycles. The summed E-state index contributed by atoms with van der Waals surface area (Å²) in [5.41, 5.74) is 2.25. The van der Waals surface area contributed by atoms with Gasteiger partial charge in [-0.3, -0.25) is 9.59 Å². The second-order valence-corrected chi connectivity index (χ2v) is 8.86. The highest BCUT2D eigenvalue weighted by molar-refractivity contribution is 7.99. The Labute approximate surface area is 192 Å². The van der Waals surface area contributed by atoms with Gasteiger partial charge in [-0.25, -0.2) is 4.98 Å². The first kappa shape index (κ1) is 22.0. The van der Waals surface area contributed by atoms with Gasteiger partial charge in [-0.05, 0) is 61.1 Å². The normalized spacial score (nSPS) is 14.2. The zero-order valence-corrected chi connectivity index (χ0v) is 18.8. The molecule has 1 N–H and O–H groups in total. The number of carbonyl (C=O) groups excluding carboxylic acids is 2. The zero-order chi connectivity index (χ0) is 22.3. The van der Waals surface area contributed by atoms with E-state index in [-0.39, 0.29) is 11.8 Å². The van der Waals surface area contributed by atoms with Crippen molar-refractivity contribution in [2.75, 3.05) is 33.2 Å². The monoisotopic (exact) mass is 446 g/mol. The van der Waals surface area contributed by atoms with E-state index in [0.717, 1.165) is 41.7 Å². The minimum atomic E-state index is -0.128. The van der Waals surface area contributed by atoms with Crippen LogP contribution in [0.5, 0.6) is 0 Å². The van der Waals surface area contributed by atoms with Crippen LogP contribution in [-0.4, -0.2) is 59.8 Å². The van der Waals surface area contributed by atoms with E-state index >= 15 is 0 Å². The second-order valence-electron chi connectivity index (χ2n) is 7.77. The van der Waals surface area contributed by atoms with Gasteiger partial charge < -0.3 is 15.1 Å². The predicted molar refractivity (Wildman–Crippen MR) is 126 cm³/mol. The summed E-state index contributed by atoms with van der Waals surface area (Å²) in [7, 11) is 2.07. The average molecular weight is 447 g/mol. The number of benzene rings is 2. The van der Waals surface area contributed by atoms with Crippen molar-refractivity contribution in [1.82, 2.24) is 20.1 Å². The van der Waals surface area contributed by atoms with Crippen LogP contribution in [0.1, 0.15) is 26.3 Å². The molecule has 1 aliphatic heterocycles. The predicted octanol–water partition coefficient (Wildman–Crippen LogP) is 3.55. The molecular weight excluding hydrogens is 420 g/mol. The van der Waals surface area contributed by atoms with Crippen LogP contribution >= 0.6 is 11.8 Å². The van der Waals surface area contributed by atoms with Crippen LogP contribution < -0.4 is 5.32 Å². The van der Waals surface area contributed by atoms with Crippen LogP contribution in [0, 0.1) is 0 Å². The lowest BCUT2D eigenvalue weighted by Crippen LogP contribution is -2.47. The van der Waals surface area contributed by atoms with Gasteiger partial charge in [0.05, 0.1) is 0 Å². The molecule has 1 aromatic heterocycles. The van der Waals surface area contributed by atoms with E-state index in [4.69, 9.17) is 0 Å². The highest BCUT2D eigenvalue weighted by atomic mass is 32.2. The van der Waals surface area contributed by atoms with E-state index in [9.17, 15) is 9.59 Å². The van der Waals surface area contributed by atoms with Crippen LogP contribution in [0.15, 0.2) is 82.8 Å². The molecule has 1 fully saturated rings. The van der Waals surface area contributed by atoms with Crippen molar-refractivity contribution in [3.63, 3.8) is 0 Å². The van der Waals surface area contributed by atoms with Crippen molar-refractivity contribution in [3.05, 3.63) is 89.6 Å². The van der Waals surface area contributed by atoms with Crippen LogP contribution in [0.2, 0.25) is 0 Å². The van der Waals surface area contributed by atoms with E-state index in [2.05, 4.69) is 22.2 Å². The van der Waals surface area contributed by atoms with Gasteiger partial charge in [-0.15, -0.1) is 0 Å². The number of likely N-dealkylation sites (N-methyl/N-ethyl adjacent to an activating group) is 1. The Hall–Kier alpha value is -3.16. The van der Waals surface area contributed by atoms with Crippen molar-refractivity contribution in [2.24, 2.45) is 0 Å². The fourth-order valence-corrected chi connectivity index (χ4v) is 4.22. The maximum absolute atomic E-state index is 12.6. The quantitative estimate of drug-likeness (QED) is 0.627. The number of carbonyl (C=O) groups is 2. The minimum absolute atomic E-state index is 0.0670. The molecule has 0 aliphatic carbocycles. The fourth-order valence-electron chi connectivity index (χ4n) is 3.44. The first-order chi connectivity index (χ1) is 15.6. The van der Waals surface area contributed by atoms with Crippen molar-refractivity contribution in [3.8, 4) is 0 Å². The highest BCUT2D eigenvalue weighted by Gasteiger charge is 2.20. The van der Waals surface area contributed by atoms with Gasteiger partial charge in [0.2, 0.25) is 0 Å². The third-order valence-electron chi connectivity index (χ3n) is 5.42. The lowest BCUT2D eigenvalue weighted by Gasteiger charge is -2.32. The Balaban J connectivity index is 1.28. The second kappa shape index (κ2) is 10.4. The zero-order valence-electron chi connectivity index (χ0n) is 18.0. The first-order valence-electron chi connectivity index (χ1n) is 10.6. The average Bonchev–Trinajstić information content (AvgIpc) is 2.84. The van der Waals surface area contributed by atoms with Gasteiger partial charge in [0.1, 0.15) is 5.03 Å². The molecule has 6 nitrogen and oxygen atoms in total. The topological polar surface area (TPSA) is 65.5 Å². The molecule has 0 spiro atoms. The molecule has 1 aliphatic rings. The molecule has 0 atom stereocenters. The van der Waals surface area contributed by atoms with Gasteiger partial charge in [-0.2, -0.15) is 0 Å². The number of hydrogen-bond donors (Lipinski definition) is 1. The summed E-state index contributed by atoms with van der Waals surface area (Å²) >= 11 is 1.56. The number of amides is 2. The fraction of sp³-hybridized carbons (Fsp3) is 0.240. The summed E-state index contributed by atoms with van der Waals surface area (Å²) in [6.45, 7) is 3.72. The van der Waals surface area contributed by atoms with Crippen molar-refractivity contribution in [2.45, 2.75) is 16.5 Å².